The van der Waals surface area contributed by atoms with Crippen LogP contribution in [0.3, 0.4) is 0 Å². The van der Waals surface area contributed by atoms with Crippen LogP contribution < -0.4 is 15.6 Å². The molecule has 3 aromatic carbocycles. The van der Waals surface area contributed by atoms with E-state index in [1.165, 1.54) is 4.57 Å². The van der Waals surface area contributed by atoms with Crippen LogP contribution in [0.1, 0.15) is 10.5 Å². The standard InChI is InChI=1S/C27H20N4O4S/c32-24(30-25(33)23-11-6-16-28-23)17-36-27-29-22-10-5-4-9-21(22)26(34)31(27)18-12-14-20(15-13-18)35-19-7-2-1-3-8-19/h1-16,28H,17H2,(H,30,32,33). The third-order valence-electron chi connectivity index (χ3n) is 5.25. The lowest BCUT2D eigenvalue weighted by Crippen LogP contribution is -2.32. The van der Waals surface area contributed by atoms with Crippen LogP contribution in [0.2, 0.25) is 0 Å². The number of aromatic nitrogens is 3. The fourth-order valence-corrected chi connectivity index (χ4v) is 4.37. The fourth-order valence-electron chi connectivity index (χ4n) is 3.56. The van der Waals surface area contributed by atoms with Gasteiger partial charge in [0.1, 0.15) is 17.2 Å². The zero-order valence-electron chi connectivity index (χ0n) is 18.9. The van der Waals surface area contributed by atoms with Gasteiger partial charge in [0.15, 0.2) is 5.16 Å². The second-order valence-electron chi connectivity index (χ2n) is 7.71. The highest BCUT2D eigenvalue weighted by Crippen LogP contribution is 2.25. The van der Waals surface area contributed by atoms with Crippen molar-refractivity contribution in [2.24, 2.45) is 0 Å². The summed E-state index contributed by atoms with van der Waals surface area (Å²) in [5, 5.41) is 3.12. The van der Waals surface area contributed by atoms with Crippen molar-refractivity contribution < 1.29 is 14.3 Å². The number of rotatable bonds is 7. The summed E-state index contributed by atoms with van der Waals surface area (Å²) in [6, 6.07) is 26.7. The third kappa shape index (κ3) is 5.06. The lowest BCUT2D eigenvalue weighted by atomic mass is 10.2. The van der Waals surface area contributed by atoms with E-state index in [9.17, 15) is 14.4 Å². The van der Waals surface area contributed by atoms with Gasteiger partial charge in [0.2, 0.25) is 5.91 Å². The predicted molar refractivity (Wildman–Crippen MR) is 138 cm³/mol. The molecule has 5 rings (SSSR count). The Bertz CT molecular complexity index is 1580. The number of imide groups is 1. The van der Waals surface area contributed by atoms with Crippen molar-refractivity contribution >= 4 is 34.5 Å². The predicted octanol–water partition coefficient (Wildman–Crippen LogP) is 4.55. The van der Waals surface area contributed by atoms with Gasteiger partial charge in [0.05, 0.1) is 22.3 Å². The number of hydrogen-bond donors (Lipinski definition) is 2. The van der Waals surface area contributed by atoms with Crippen molar-refractivity contribution in [2.75, 3.05) is 5.75 Å². The highest BCUT2D eigenvalue weighted by molar-refractivity contribution is 7.99. The van der Waals surface area contributed by atoms with Crippen molar-refractivity contribution in [1.82, 2.24) is 19.9 Å². The number of hydrogen-bond acceptors (Lipinski definition) is 6. The van der Waals surface area contributed by atoms with Gasteiger partial charge in [-0.2, -0.15) is 0 Å². The molecule has 0 spiro atoms. The molecule has 0 aliphatic rings. The number of thioether (sulfide) groups is 1. The molecule has 178 valence electrons. The number of carbonyl (C=O) groups excluding carboxylic acids is 2. The molecular formula is C27H20N4O4S. The number of para-hydroxylation sites is 2. The molecule has 0 radical (unpaired) electrons. The van der Waals surface area contributed by atoms with Crippen LogP contribution in [-0.4, -0.2) is 32.1 Å². The number of amides is 2. The SMILES string of the molecule is O=C(CSc1nc2ccccc2c(=O)n1-c1ccc(Oc2ccccc2)cc1)NC(=O)c1ccc[nH]1. The van der Waals surface area contributed by atoms with Crippen LogP contribution in [0.5, 0.6) is 11.5 Å². The molecule has 5 aromatic rings. The summed E-state index contributed by atoms with van der Waals surface area (Å²) >= 11 is 1.07. The van der Waals surface area contributed by atoms with E-state index >= 15 is 0 Å². The smallest absolute Gasteiger partial charge is 0.274 e. The minimum atomic E-state index is -0.525. The molecule has 0 unspecified atom stereocenters. The average Bonchev–Trinajstić information content (AvgIpc) is 3.44. The number of benzene rings is 3. The lowest BCUT2D eigenvalue weighted by molar-refractivity contribution is -0.117. The summed E-state index contributed by atoms with van der Waals surface area (Å²) in [6.07, 6.45) is 1.60. The van der Waals surface area contributed by atoms with Crippen LogP contribution in [0, 0.1) is 0 Å². The van der Waals surface area contributed by atoms with Crippen molar-refractivity contribution in [2.45, 2.75) is 5.16 Å². The number of nitrogens with zero attached hydrogens (tertiary/aromatic N) is 2. The molecule has 0 aliphatic carbocycles. The summed E-state index contributed by atoms with van der Waals surface area (Å²) < 4.78 is 7.31. The highest BCUT2D eigenvalue weighted by atomic mass is 32.2. The Labute approximate surface area is 210 Å². The van der Waals surface area contributed by atoms with E-state index in [1.54, 1.807) is 66.9 Å². The van der Waals surface area contributed by atoms with Gasteiger partial charge in [-0.3, -0.25) is 24.3 Å². The first-order chi connectivity index (χ1) is 17.6. The Morgan fingerprint density at radius 3 is 2.36 bits per heavy atom. The first kappa shape index (κ1) is 23.1. The van der Waals surface area contributed by atoms with E-state index in [1.807, 2.05) is 30.3 Å². The number of aromatic amines is 1. The number of nitrogens with one attached hydrogen (secondary N) is 2. The fraction of sp³-hybridized carbons (Fsp3) is 0.0370. The molecule has 0 aliphatic heterocycles. The maximum absolute atomic E-state index is 13.4. The molecule has 2 N–H and O–H groups in total. The van der Waals surface area contributed by atoms with E-state index in [0.29, 0.717) is 33.2 Å². The monoisotopic (exact) mass is 496 g/mol. The summed E-state index contributed by atoms with van der Waals surface area (Å²) in [6.45, 7) is 0. The van der Waals surface area contributed by atoms with Crippen LogP contribution >= 0.6 is 11.8 Å². The first-order valence-corrected chi connectivity index (χ1v) is 12.0. The Kier molecular flexibility index (Phi) is 6.63. The van der Waals surface area contributed by atoms with E-state index in [2.05, 4.69) is 15.3 Å². The quantitative estimate of drug-likeness (QED) is 0.253. The van der Waals surface area contributed by atoms with E-state index in [0.717, 1.165) is 11.8 Å². The van der Waals surface area contributed by atoms with Gasteiger partial charge in [-0.15, -0.1) is 0 Å². The third-order valence-corrected chi connectivity index (χ3v) is 6.19. The molecular weight excluding hydrogens is 476 g/mol. The van der Waals surface area contributed by atoms with E-state index in [-0.39, 0.29) is 17.0 Å². The van der Waals surface area contributed by atoms with Crippen molar-refractivity contribution in [3.8, 4) is 17.2 Å². The molecule has 9 heteroatoms. The van der Waals surface area contributed by atoms with Gasteiger partial charge in [-0.1, -0.05) is 42.1 Å². The summed E-state index contributed by atoms with van der Waals surface area (Å²) in [4.78, 5) is 45.4. The number of fused-ring (bicyclic) bond motifs is 1. The maximum atomic E-state index is 13.4. The topological polar surface area (TPSA) is 106 Å². The van der Waals surface area contributed by atoms with E-state index < -0.39 is 11.8 Å². The second kappa shape index (κ2) is 10.3. The summed E-state index contributed by atoms with van der Waals surface area (Å²) in [5.74, 6) is 0.185. The summed E-state index contributed by atoms with van der Waals surface area (Å²) in [7, 11) is 0. The van der Waals surface area contributed by atoms with E-state index in [4.69, 9.17) is 4.74 Å². The molecule has 2 heterocycles. The normalized spacial score (nSPS) is 10.8. The first-order valence-electron chi connectivity index (χ1n) is 11.0. The Hall–Kier alpha value is -4.63. The summed E-state index contributed by atoms with van der Waals surface area (Å²) in [5.41, 5.74) is 1.12. The zero-order chi connectivity index (χ0) is 24.9. The Morgan fingerprint density at radius 2 is 1.61 bits per heavy atom. The number of H-pyrrole nitrogens is 1. The molecule has 0 atom stereocenters. The van der Waals surface area contributed by atoms with Crippen LogP contribution in [0.4, 0.5) is 0 Å². The maximum Gasteiger partial charge on any atom is 0.274 e. The van der Waals surface area contributed by atoms with Gasteiger partial charge >= 0.3 is 0 Å². The Balaban J connectivity index is 1.42. The largest absolute Gasteiger partial charge is 0.457 e. The minimum Gasteiger partial charge on any atom is -0.457 e. The highest BCUT2D eigenvalue weighted by Gasteiger charge is 2.17. The molecule has 36 heavy (non-hydrogen) atoms. The van der Waals surface area contributed by atoms with Crippen molar-refractivity contribution in [1.29, 1.82) is 0 Å². The van der Waals surface area contributed by atoms with Gasteiger partial charge < -0.3 is 9.72 Å². The molecule has 0 bridgehead atoms. The van der Waals surface area contributed by atoms with Crippen LogP contribution in [0.25, 0.3) is 16.6 Å². The van der Waals surface area contributed by atoms with Gasteiger partial charge in [0, 0.05) is 6.20 Å². The van der Waals surface area contributed by atoms with Gasteiger partial charge in [-0.05, 0) is 60.7 Å². The lowest BCUT2D eigenvalue weighted by Gasteiger charge is -2.14. The number of carbonyl (C=O) groups is 2. The zero-order valence-corrected chi connectivity index (χ0v) is 19.7. The second-order valence-corrected chi connectivity index (χ2v) is 8.65. The molecule has 2 aromatic heterocycles. The minimum absolute atomic E-state index is 0.105. The van der Waals surface area contributed by atoms with Crippen LogP contribution in [0.15, 0.2) is 107 Å². The molecule has 0 saturated carbocycles. The average molecular weight is 497 g/mol. The molecule has 8 nitrogen and oxygen atoms in total. The van der Waals surface area contributed by atoms with Crippen LogP contribution in [-0.2, 0) is 4.79 Å². The Morgan fingerprint density at radius 1 is 0.889 bits per heavy atom. The van der Waals surface area contributed by atoms with Gasteiger partial charge in [0.25, 0.3) is 11.5 Å². The van der Waals surface area contributed by atoms with Gasteiger partial charge in [-0.25, -0.2) is 4.98 Å². The molecule has 0 saturated heterocycles. The molecule has 2 amide bonds. The van der Waals surface area contributed by atoms with Crippen molar-refractivity contribution in [3.63, 3.8) is 0 Å². The number of ether oxygens (including phenoxy) is 1. The van der Waals surface area contributed by atoms with Crippen molar-refractivity contribution in [3.05, 3.63) is 113 Å². The molecule has 0 fully saturated rings.